The number of hydrogen-bond acceptors (Lipinski definition) is 4. The van der Waals surface area contributed by atoms with Crippen LogP contribution in [0, 0.1) is 23.7 Å². The third-order valence-electron chi connectivity index (χ3n) is 4.55. The number of benzene rings is 2. The lowest BCUT2D eigenvalue weighted by Crippen LogP contribution is -2.49. The summed E-state index contributed by atoms with van der Waals surface area (Å²) < 4.78 is 5.33. The standard InChI is InChI=1S/C23H21N3O2/c1-2-16-28-22-10-8-19(9-11-22)17-20(18-24)23(27)26-14-12-25(13-15-26)21-6-4-3-5-7-21/h1,3-11,17H,12-16H2/b20-17-. The van der Waals surface area contributed by atoms with Crippen molar-refractivity contribution in [1.82, 2.24) is 4.90 Å². The number of ether oxygens (including phenoxy) is 1. The summed E-state index contributed by atoms with van der Waals surface area (Å²) in [6, 6.07) is 19.3. The Hall–Kier alpha value is -3.70. The fraction of sp³-hybridized carbons (Fsp3) is 0.217. The van der Waals surface area contributed by atoms with Crippen LogP contribution in [0.1, 0.15) is 5.56 Å². The first kappa shape index (κ1) is 19.1. The van der Waals surface area contributed by atoms with E-state index in [1.165, 1.54) is 0 Å². The minimum Gasteiger partial charge on any atom is -0.481 e. The van der Waals surface area contributed by atoms with Crippen LogP contribution in [-0.2, 0) is 4.79 Å². The van der Waals surface area contributed by atoms with E-state index in [1.807, 2.05) is 24.3 Å². The summed E-state index contributed by atoms with van der Waals surface area (Å²) in [5, 5.41) is 9.47. The van der Waals surface area contributed by atoms with E-state index in [2.05, 4.69) is 23.0 Å². The smallest absolute Gasteiger partial charge is 0.264 e. The van der Waals surface area contributed by atoms with Gasteiger partial charge in [-0.25, -0.2) is 0 Å². The van der Waals surface area contributed by atoms with Crippen LogP contribution in [0.3, 0.4) is 0 Å². The van der Waals surface area contributed by atoms with Crippen molar-refractivity contribution in [3.05, 3.63) is 65.7 Å². The molecule has 28 heavy (non-hydrogen) atoms. The predicted octanol–water partition coefficient (Wildman–Crippen LogP) is 2.95. The maximum absolute atomic E-state index is 12.8. The molecule has 140 valence electrons. The molecule has 1 aliphatic rings. The normalized spacial score (nSPS) is 14.1. The molecule has 0 atom stereocenters. The lowest BCUT2D eigenvalue weighted by atomic mass is 10.1. The molecule has 0 bridgehead atoms. The zero-order valence-electron chi connectivity index (χ0n) is 15.5. The quantitative estimate of drug-likeness (QED) is 0.461. The Morgan fingerprint density at radius 3 is 2.36 bits per heavy atom. The fourth-order valence-electron chi connectivity index (χ4n) is 3.07. The van der Waals surface area contributed by atoms with Gasteiger partial charge in [0.15, 0.2) is 0 Å². The van der Waals surface area contributed by atoms with E-state index in [9.17, 15) is 10.1 Å². The van der Waals surface area contributed by atoms with Crippen molar-refractivity contribution in [3.63, 3.8) is 0 Å². The molecule has 1 saturated heterocycles. The first-order chi connectivity index (χ1) is 13.7. The van der Waals surface area contributed by atoms with Crippen LogP contribution in [0.25, 0.3) is 6.08 Å². The topological polar surface area (TPSA) is 56.6 Å². The zero-order valence-corrected chi connectivity index (χ0v) is 15.5. The SMILES string of the molecule is C#CCOc1ccc(/C=C(/C#N)C(=O)N2CCN(c3ccccc3)CC2)cc1. The third kappa shape index (κ3) is 4.72. The number of anilines is 1. The second-order valence-corrected chi connectivity index (χ2v) is 6.35. The number of nitriles is 1. The molecule has 1 heterocycles. The van der Waals surface area contributed by atoms with Gasteiger partial charge in [0.1, 0.15) is 24.0 Å². The maximum atomic E-state index is 12.8. The van der Waals surface area contributed by atoms with Gasteiger partial charge in [-0.2, -0.15) is 5.26 Å². The first-order valence-electron chi connectivity index (χ1n) is 9.08. The molecule has 1 fully saturated rings. The van der Waals surface area contributed by atoms with Crippen molar-refractivity contribution in [2.45, 2.75) is 0 Å². The molecular weight excluding hydrogens is 350 g/mol. The van der Waals surface area contributed by atoms with Crippen molar-refractivity contribution >= 4 is 17.7 Å². The molecule has 2 aromatic rings. The molecular formula is C23H21N3O2. The van der Waals surface area contributed by atoms with Crippen LogP contribution >= 0.6 is 0 Å². The predicted molar refractivity (Wildman–Crippen MR) is 110 cm³/mol. The van der Waals surface area contributed by atoms with Crippen molar-refractivity contribution in [2.75, 3.05) is 37.7 Å². The lowest BCUT2D eigenvalue weighted by Gasteiger charge is -2.36. The van der Waals surface area contributed by atoms with Crippen molar-refractivity contribution in [2.24, 2.45) is 0 Å². The molecule has 5 heteroatoms. The third-order valence-corrected chi connectivity index (χ3v) is 4.55. The Bertz CT molecular complexity index is 913. The average molecular weight is 371 g/mol. The van der Waals surface area contributed by atoms with E-state index in [0.717, 1.165) is 24.3 Å². The largest absolute Gasteiger partial charge is 0.481 e. The minimum atomic E-state index is -0.233. The maximum Gasteiger partial charge on any atom is 0.264 e. The molecule has 0 N–H and O–H groups in total. The van der Waals surface area contributed by atoms with Gasteiger partial charge in [0.2, 0.25) is 0 Å². The number of nitrogens with zero attached hydrogens (tertiary/aromatic N) is 3. The number of para-hydroxylation sites is 1. The summed E-state index contributed by atoms with van der Waals surface area (Å²) in [7, 11) is 0. The van der Waals surface area contributed by atoms with E-state index in [0.29, 0.717) is 18.8 Å². The highest BCUT2D eigenvalue weighted by Crippen LogP contribution is 2.18. The van der Waals surface area contributed by atoms with Crippen LogP contribution < -0.4 is 9.64 Å². The number of amides is 1. The van der Waals surface area contributed by atoms with Gasteiger partial charge in [0.25, 0.3) is 5.91 Å². The summed E-state index contributed by atoms with van der Waals surface area (Å²) in [6.45, 7) is 2.87. The molecule has 0 aliphatic carbocycles. The Kier molecular flexibility index (Phi) is 6.33. The number of terminal acetylenes is 1. The monoisotopic (exact) mass is 371 g/mol. The number of hydrogen-bond donors (Lipinski definition) is 0. The van der Waals surface area contributed by atoms with Gasteiger partial charge in [0.05, 0.1) is 0 Å². The fourth-order valence-corrected chi connectivity index (χ4v) is 3.07. The molecule has 0 saturated carbocycles. The summed E-state index contributed by atoms with van der Waals surface area (Å²) in [6.07, 6.45) is 6.78. The summed E-state index contributed by atoms with van der Waals surface area (Å²) in [5.74, 6) is 2.82. The van der Waals surface area contributed by atoms with Gasteiger partial charge in [-0.05, 0) is 35.9 Å². The minimum absolute atomic E-state index is 0.130. The highest BCUT2D eigenvalue weighted by Gasteiger charge is 2.23. The highest BCUT2D eigenvalue weighted by atomic mass is 16.5. The second kappa shape index (κ2) is 9.30. The van der Waals surface area contributed by atoms with E-state index < -0.39 is 0 Å². The Balaban J connectivity index is 1.63. The van der Waals surface area contributed by atoms with Crippen molar-refractivity contribution in [3.8, 4) is 24.2 Å². The Morgan fingerprint density at radius 1 is 1.07 bits per heavy atom. The average Bonchev–Trinajstić information content (AvgIpc) is 2.77. The number of piperazine rings is 1. The molecule has 1 amide bonds. The van der Waals surface area contributed by atoms with Gasteiger partial charge in [-0.15, -0.1) is 6.42 Å². The molecule has 2 aromatic carbocycles. The lowest BCUT2D eigenvalue weighted by molar-refractivity contribution is -0.126. The first-order valence-corrected chi connectivity index (χ1v) is 9.08. The Labute approximate surface area is 165 Å². The van der Waals surface area contributed by atoms with E-state index >= 15 is 0 Å². The number of carbonyl (C=O) groups is 1. The van der Waals surface area contributed by atoms with Crippen LogP contribution in [0.2, 0.25) is 0 Å². The number of carbonyl (C=O) groups excluding carboxylic acids is 1. The van der Waals surface area contributed by atoms with Gasteiger partial charge < -0.3 is 14.5 Å². The molecule has 0 radical (unpaired) electrons. The second-order valence-electron chi connectivity index (χ2n) is 6.35. The molecule has 0 unspecified atom stereocenters. The van der Waals surface area contributed by atoms with E-state index in [-0.39, 0.29) is 18.1 Å². The van der Waals surface area contributed by atoms with Gasteiger partial charge >= 0.3 is 0 Å². The van der Waals surface area contributed by atoms with E-state index in [1.54, 1.807) is 35.2 Å². The van der Waals surface area contributed by atoms with Crippen molar-refractivity contribution in [1.29, 1.82) is 5.26 Å². The molecule has 5 nitrogen and oxygen atoms in total. The Morgan fingerprint density at radius 2 is 1.75 bits per heavy atom. The van der Waals surface area contributed by atoms with Gasteiger partial charge in [-0.1, -0.05) is 36.3 Å². The van der Waals surface area contributed by atoms with Crippen LogP contribution in [0.15, 0.2) is 60.2 Å². The molecule has 1 aliphatic heterocycles. The van der Waals surface area contributed by atoms with Crippen LogP contribution in [0.5, 0.6) is 5.75 Å². The molecule has 0 aromatic heterocycles. The summed E-state index contributed by atoms with van der Waals surface area (Å²) in [4.78, 5) is 16.7. The zero-order chi connectivity index (χ0) is 19.8. The molecule has 0 spiro atoms. The molecule has 3 rings (SSSR count). The summed E-state index contributed by atoms with van der Waals surface area (Å²) >= 11 is 0. The van der Waals surface area contributed by atoms with Crippen molar-refractivity contribution < 1.29 is 9.53 Å². The number of rotatable bonds is 5. The van der Waals surface area contributed by atoms with Crippen LogP contribution in [0.4, 0.5) is 5.69 Å². The van der Waals surface area contributed by atoms with Gasteiger partial charge in [-0.3, -0.25) is 4.79 Å². The van der Waals surface area contributed by atoms with Crippen LogP contribution in [-0.4, -0.2) is 43.6 Å². The summed E-state index contributed by atoms with van der Waals surface area (Å²) in [5.41, 5.74) is 2.05. The van der Waals surface area contributed by atoms with E-state index in [4.69, 9.17) is 11.2 Å². The van der Waals surface area contributed by atoms with Gasteiger partial charge in [0, 0.05) is 31.9 Å². The highest BCUT2D eigenvalue weighted by molar-refractivity contribution is 6.01.